The number of ketones is 1. The van der Waals surface area contributed by atoms with Crippen molar-refractivity contribution in [2.45, 2.75) is 11.8 Å². The van der Waals surface area contributed by atoms with Gasteiger partial charge in [-0.15, -0.1) is 0 Å². The lowest BCUT2D eigenvalue weighted by Crippen LogP contribution is -2.12. The van der Waals surface area contributed by atoms with E-state index in [-0.39, 0.29) is 11.5 Å². The highest BCUT2D eigenvalue weighted by Crippen LogP contribution is 2.09. The standard InChI is InChI=1S/C14H13NO2S/c1-11-5-7-12(8-6-11)18(17)10-14(16)13-4-2-3-9-15-13/h2-9H,10H2,1H3/t18-/m1/s1. The second-order valence-electron chi connectivity index (χ2n) is 3.94. The number of pyridine rings is 1. The summed E-state index contributed by atoms with van der Waals surface area (Å²) in [6.45, 7) is 1.96. The fourth-order valence-electron chi connectivity index (χ4n) is 1.49. The molecule has 2 rings (SSSR count). The number of carbonyl (C=O) groups excluding carboxylic acids is 1. The van der Waals surface area contributed by atoms with Crippen LogP contribution in [0.5, 0.6) is 0 Å². The maximum Gasteiger partial charge on any atom is 0.193 e. The summed E-state index contributed by atoms with van der Waals surface area (Å²) in [5.41, 5.74) is 1.46. The van der Waals surface area contributed by atoms with Gasteiger partial charge in [-0.3, -0.25) is 14.0 Å². The summed E-state index contributed by atoms with van der Waals surface area (Å²) in [6, 6.07) is 12.5. The van der Waals surface area contributed by atoms with Gasteiger partial charge in [-0.2, -0.15) is 0 Å². The Balaban J connectivity index is 2.08. The van der Waals surface area contributed by atoms with Crippen LogP contribution in [0.4, 0.5) is 0 Å². The third-order valence-corrected chi connectivity index (χ3v) is 3.82. The molecule has 1 heterocycles. The van der Waals surface area contributed by atoms with Crippen LogP contribution >= 0.6 is 0 Å². The molecule has 1 aromatic heterocycles. The molecule has 0 amide bonds. The largest absolute Gasteiger partial charge is 0.291 e. The first-order chi connectivity index (χ1) is 8.66. The summed E-state index contributed by atoms with van der Waals surface area (Å²) in [6.07, 6.45) is 1.56. The average Bonchev–Trinajstić information content (AvgIpc) is 2.40. The van der Waals surface area contributed by atoms with E-state index in [4.69, 9.17) is 0 Å². The van der Waals surface area contributed by atoms with Gasteiger partial charge in [-0.25, -0.2) is 0 Å². The van der Waals surface area contributed by atoms with Crippen LogP contribution in [0, 0.1) is 6.92 Å². The minimum absolute atomic E-state index is 0.0277. The number of Topliss-reactive ketones (excluding diaryl/α,β-unsaturated/α-hetero) is 1. The summed E-state index contributed by atoms with van der Waals surface area (Å²) in [7, 11) is -1.31. The molecule has 4 heteroatoms. The van der Waals surface area contributed by atoms with Crippen LogP contribution in [0.2, 0.25) is 0 Å². The Kier molecular flexibility index (Phi) is 3.99. The number of rotatable bonds is 4. The molecule has 0 bridgehead atoms. The van der Waals surface area contributed by atoms with Crippen molar-refractivity contribution >= 4 is 16.6 Å². The normalized spacial score (nSPS) is 12.1. The van der Waals surface area contributed by atoms with Gasteiger partial charge in [-0.1, -0.05) is 23.8 Å². The van der Waals surface area contributed by atoms with Crippen LogP contribution in [0.1, 0.15) is 16.1 Å². The number of aromatic nitrogens is 1. The molecule has 1 atom stereocenters. The number of carbonyl (C=O) groups is 1. The molecule has 0 N–H and O–H groups in total. The van der Waals surface area contributed by atoms with Crippen LogP contribution in [0.3, 0.4) is 0 Å². The van der Waals surface area contributed by atoms with Crippen molar-refractivity contribution in [2.75, 3.05) is 5.75 Å². The highest BCUT2D eigenvalue weighted by molar-refractivity contribution is 7.85. The molecule has 0 saturated carbocycles. The molecule has 2 aromatic rings. The first-order valence-electron chi connectivity index (χ1n) is 5.56. The van der Waals surface area contributed by atoms with Gasteiger partial charge < -0.3 is 0 Å². The average molecular weight is 259 g/mol. The molecule has 0 spiro atoms. The quantitative estimate of drug-likeness (QED) is 0.792. The summed E-state index contributed by atoms with van der Waals surface area (Å²) < 4.78 is 12.0. The molecule has 0 radical (unpaired) electrons. The van der Waals surface area contributed by atoms with E-state index in [1.807, 2.05) is 19.1 Å². The van der Waals surface area contributed by atoms with Gasteiger partial charge in [0.25, 0.3) is 0 Å². The second kappa shape index (κ2) is 5.69. The SMILES string of the molecule is Cc1ccc([S@](=O)CC(=O)c2ccccn2)cc1. The van der Waals surface area contributed by atoms with Crippen molar-refractivity contribution in [2.24, 2.45) is 0 Å². The number of nitrogens with zero attached hydrogens (tertiary/aromatic N) is 1. The molecule has 0 aliphatic heterocycles. The van der Waals surface area contributed by atoms with Crippen molar-refractivity contribution in [3.05, 3.63) is 59.9 Å². The van der Waals surface area contributed by atoms with E-state index in [0.717, 1.165) is 5.56 Å². The summed E-state index contributed by atoms with van der Waals surface area (Å²) in [4.78, 5) is 16.5. The molecular formula is C14H13NO2S. The molecular weight excluding hydrogens is 246 g/mol. The fraction of sp³-hybridized carbons (Fsp3) is 0.143. The molecule has 3 nitrogen and oxygen atoms in total. The molecule has 92 valence electrons. The van der Waals surface area contributed by atoms with E-state index in [9.17, 15) is 9.00 Å². The lowest BCUT2D eigenvalue weighted by molar-refractivity contribution is 0.101. The predicted molar refractivity (Wildman–Crippen MR) is 71.0 cm³/mol. The minimum Gasteiger partial charge on any atom is -0.291 e. The second-order valence-corrected chi connectivity index (χ2v) is 5.39. The van der Waals surface area contributed by atoms with Crippen LogP contribution in [0.15, 0.2) is 53.6 Å². The predicted octanol–water partition coefficient (Wildman–Crippen LogP) is 2.38. The Morgan fingerprint density at radius 2 is 1.89 bits per heavy atom. The maximum atomic E-state index is 12.0. The van der Waals surface area contributed by atoms with E-state index in [1.54, 1.807) is 36.5 Å². The van der Waals surface area contributed by atoms with E-state index < -0.39 is 10.8 Å². The summed E-state index contributed by atoms with van der Waals surface area (Å²) >= 11 is 0. The Labute approximate surface area is 108 Å². The van der Waals surface area contributed by atoms with Crippen molar-refractivity contribution < 1.29 is 9.00 Å². The first kappa shape index (κ1) is 12.6. The number of hydrogen-bond donors (Lipinski definition) is 0. The van der Waals surface area contributed by atoms with Crippen LogP contribution in [-0.4, -0.2) is 20.7 Å². The fourth-order valence-corrected chi connectivity index (χ4v) is 2.49. The minimum atomic E-state index is -1.31. The van der Waals surface area contributed by atoms with E-state index in [1.165, 1.54) is 0 Å². The van der Waals surface area contributed by atoms with Crippen LogP contribution in [0.25, 0.3) is 0 Å². The lowest BCUT2D eigenvalue weighted by Gasteiger charge is -2.02. The zero-order valence-electron chi connectivity index (χ0n) is 10.00. The highest BCUT2D eigenvalue weighted by Gasteiger charge is 2.12. The number of aryl methyl sites for hydroxylation is 1. The van der Waals surface area contributed by atoms with Gasteiger partial charge in [0, 0.05) is 11.1 Å². The van der Waals surface area contributed by atoms with Crippen molar-refractivity contribution in [3.63, 3.8) is 0 Å². The number of hydrogen-bond acceptors (Lipinski definition) is 3. The summed E-state index contributed by atoms with van der Waals surface area (Å²) in [5.74, 6) is -0.227. The Bertz CT molecular complexity index is 564. The molecule has 1 aromatic carbocycles. The maximum absolute atomic E-state index is 12.0. The molecule has 0 saturated heterocycles. The zero-order valence-corrected chi connectivity index (χ0v) is 10.8. The molecule has 0 unspecified atom stereocenters. The highest BCUT2D eigenvalue weighted by atomic mass is 32.2. The smallest absolute Gasteiger partial charge is 0.193 e. The molecule has 0 fully saturated rings. The van der Waals surface area contributed by atoms with Crippen molar-refractivity contribution in [3.8, 4) is 0 Å². The number of benzene rings is 1. The topological polar surface area (TPSA) is 47.0 Å². The molecule has 18 heavy (non-hydrogen) atoms. The van der Waals surface area contributed by atoms with Crippen LogP contribution < -0.4 is 0 Å². The van der Waals surface area contributed by atoms with Gasteiger partial charge in [0.1, 0.15) is 5.69 Å². The molecule has 0 aliphatic carbocycles. The monoisotopic (exact) mass is 259 g/mol. The van der Waals surface area contributed by atoms with Gasteiger partial charge in [-0.05, 0) is 31.2 Å². The van der Waals surface area contributed by atoms with Gasteiger partial charge in [0.2, 0.25) is 0 Å². The van der Waals surface area contributed by atoms with Crippen LogP contribution in [-0.2, 0) is 10.8 Å². The Hall–Kier alpha value is -1.81. The Morgan fingerprint density at radius 3 is 2.50 bits per heavy atom. The van der Waals surface area contributed by atoms with Gasteiger partial charge >= 0.3 is 0 Å². The zero-order chi connectivity index (χ0) is 13.0. The van der Waals surface area contributed by atoms with Crippen molar-refractivity contribution in [1.82, 2.24) is 4.98 Å². The third-order valence-electron chi connectivity index (χ3n) is 2.50. The van der Waals surface area contributed by atoms with E-state index in [0.29, 0.717) is 10.6 Å². The molecule has 0 aliphatic rings. The lowest BCUT2D eigenvalue weighted by atomic mass is 10.2. The third kappa shape index (κ3) is 3.11. The van der Waals surface area contributed by atoms with Crippen molar-refractivity contribution in [1.29, 1.82) is 0 Å². The Morgan fingerprint density at radius 1 is 1.17 bits per heavy atom. The van der Waals surface area contributed by atoms with Gasteiger partial charge in [0.15, 0.2) is 5.78 Å². The first-order valence-corrected chi connectivity index (χ1v) is 6.88. The summed E-state index contributed by atoms with van der Waals surface area (Å²) in [5, 5.41) is 0. The van der Waals surface area contributed by atoms with E-state index >= 15 is 0 Å². The van der Waals surface area contributed by atoms with Gasteiger partial charge in [0.05, 0.1) is 16.6 Å². The van der Waals surface area contributed by atoms with E-state index in [2.05, 4.69) is 4.98 Å².